The first-order valence-electron chi connectivity index (χ1n) is 8.35. The first kappa shape index (κ1) is 20.7. The highest BCUT2D eigenvalue weighted by molar-refractivity contribution is 7.13. The Morgan fingerprint density at radius 3 is 2.33 bits per heavy atom. The van der Waals surface area contributed by atoms with Gasteiger partial charge in [0, 0.05) is 0 Å². The van der Waals surface area contributed by atoms with Gasteiger partial charge in [0.1, 0.15) is 0 Å². The molecule has 0 atom stereocenters. The fourth-order valence-corrected chi connectivity index (χ4v) is 3.97. The number of thiophene rings is 1. The highest BCUT2D eigenvalue weighted by Gasteiger charge is 2.36. The summed E-state index contributed by atoms with van der Waals surface area (Å²) < 4.78 is 81.8. The number of alkyl halides is 6. The van der Waals surface area contributed by atoms with Crippen molar-refractivity contribution in [2.24, 2.45) is 0 Å². The number of hydrogen-bond acceptors (Lipinski definition) is 3. The Labute approximate surface area is 174 Å². The fourth-order valence-electron chi connectivity index (χ4n) is 3.08. The lowest BCUT2D eigenvalue weighted by Gasteiger charge is -2.13. The zero-order chi connectivity index (χ0) is 21.8. The molecule has 0 aliphatic carbocycles. The first-order chi connectivity index (χ1) is 14.0. The van der Waals surface area contributed by atoms with Gasteiger partial charge in [-0.05, 0) is 42.6 Å². The minimum absolute atomic E-state index is 0.0315. The quantitative estimate of drug-likeness (QED) is 0.297. The van der Waals surface area contributed by atoms with Gasteiger partial charge in [-0.25, -0.2) is 9.67 Å². The third kappa shape index (κ3) is 3.54. The van der Waals surface area contributed by atoms with Crippen molar-refractivity contribution in [3.63, 3.8) is 0 Å². The Kier molecular flexibility index (Phi) is 4.81. The van der Waals surface area contributed by atoms with Crippen molar-refractivity contribution >= 4 is 34.0 Å². The maximum absolute atomic E-state index is 13.8. The molecule has 4 rings (SSSR count). The van der Waals surface area contributed by atoms with E-state index in [2.05, 4.69) is 10.1 Å². The van der Waals surface area contributed by atoms with Crippen molar-refractivity contribution < 1.29 is 26.3 Å². The Hall–Kier alpha value is -2.59. The summed E-state index contributed by atoms with van der Waals surface area (Å²) in [5, 5.41) is 5.33. The molecule has 0 saturated carbocycles. The van der Waals surface area contributed by atoms with E-state index in [1.54, 1.807) is 17.5 Å². The number of nitrogens with zero attached hydrogens (tertiary/aromatic N) is 3. The summed E-state index contributed by atoms with van der Waals surface area (Å²) in [5.74, 6) is 0. The molecule has 0 N–H and O–H groups in total. The lowest BCUT2D eigenvalue weighted by molar-refractivity contribution is -0.138. The lowest BCUT2D eigenvalue weighted by atomic mass is 10.1. The fraction of sp³-hybridized carbons (Fsp3) is 0.158. The molecule has 1 aromatic carbocycles. The molecule has 0 unspecified atom stereocenters. The van der Waals surface area contributed by atoms with Crippen molar-refractivity contribution in [1.29, 1.82) is 0 Å². The van der Waals surface area contributed by atoms with Crippen LogP contribution in [0.15, 0.2) is 41.8 Å². The first-order valence-corrected chi connectivity index (χ1v) is 9.61. The molecule has 0 spiro atoms. The summed E-state index contributed by atoms with van der Waals surface area (Å²) in [7, 11) is 0. The summed E-state index contributed by atoms with van der Waals surface area (Å²) in [5.41, 5.74) is -2.41. The summed E-state index contributed by atoms with van der Waals surface area (Å²) in [6.07, 6.45) is -9.38. The van der Waals surface area contributed by atoms with Crippen LogP contribution in [0.5, 0.6) is 0 Å². The van der Waals surface area contributed by atoms with Crippen LogP contribution in [0.1, 0.15) is 16.8 Å². The minimum Gasteiger partial charge on any atom is -0.227 e. The molecule has 0 saturated heterocycles. The van der Waals surface area contributed by atoms with Crippen LogP contribution in [0.25, 0.3) is 27.3 Å². The molecule has 4 aromatic rings. The highest BCUT2D eigenvalue weighted by Crippen LogP contribution is 2.40. The van der Waals surface area contributed by atoms with Crippen LogP contribution in [0.4, 0.5) is 26.3 Å². The second kappa shape index (κ2) is 6.98. The van der Waals surface area contributed by atoms with Crippen LogP contribution >= 0.6 is 22.9 Å². The zero-order valence-electron chi connectivity index (χ0n) is 14.9. The number of fused-ring (bicyclic) bond motifs is 1. The van der Waals surface area contributed by atoms with Gasteiger partial charge >= 0.3 is 12.4 Å². The Bertz CT molecular complexity index is 1240. The predicted molar refractivity (Wildman–Crippen MR) is 102 cm³/mol. The van der Waals surface area contributed by atoms with Crippen LogP contribution in [-0.2, 0) is 12.4 Å². The van der Waals surface area contributed by atoms with E-state index >= 15 is 0 Å². The number of halogens is 7. The molecule has 3 heterocycles. The molecule has 11 heteroatoms. The standard InChI is InChI=1S/C19H10ClF6N3S/c1-9-16-11(19(24,25)26)8-13(15-3-2-6-30-15)27-17(16)29(28-9)14-7-10(18(21,22)23)4-5-12(14)20/h2-8H,1H3. The molecule has 0 fully saturated rings. The molecule has 0 bridgehead atoms. The van der Waals surface area contributed by atoms with Gasteiger partial charge in [-0.1, -0.05) is 17.7 Å². The van der Waals surface area contributed by atoms with Crippen molar-refractivity contribution in [3.8, 4) is 16.3 Å². The normalized spacial score (nSPS) is 12.7. The number of aryl methyl sites for hydroxylation is 1. The van der Waals surface area contributed by atoms with E-state index in [9.17, 15) is 26.3 Å². The van der Waals surface area contributed by atoms with E-state index in [-0.39, 0.29) is 33.1 Å². The SMILES string of the molecule is Cc1nn(-c2cc(C(F)(F)F)ccc2Cl)c2nc(-c3cccs3)cc(C(F)(F)F)c12. The number of rotatable bonds is 2. The van der Waals surface area contributed by atoms with Gasteiger partial charge in [0.15, 0.2) is 5.65 Å². The predicted octanol–water partition coefficient (Wildman–Crippen LogP) is 7.15. The van der Waals surface area contributed by atoms with Gasteiger partial charge in [-0.2, -0.15) is 31.4 Å². The minimum atomic E-state index is -4.72. The van der Waals surface area contributed by atoms with Gasteiger partial charge in [0.25, 0.3) is 0 Å². The van der Waals surface area contributed by atoms with E-state index in [1.165, 1.54) is 18.3 Å². The van der Waals surface area contributed by atoms with Gasteiger partial charge < -0.3 is 0 Å². The second-order valence-electron chi connectivity index (χ2n) is 6.39. The Morgan fingerprint density at radius 2 is 1.73 bits per heavy atom. The molecular weight excluding hydrogens is 452 g/mol. The van der Waals surface area contributed by atoms with E-state index in [4.69, 9.17) is 11.6 Å². The van der Waals surface area contributed by atoms with Crippen LogP contribution in [0, 0.1) is 6.92 Å². The van der Waals surface area contributed by atoms with Gasteiger partial charge in [-0.3, -0.25) is 0 Å². The average molecular weight is 462 g/mol. The van der Waals surface area contributed by atoms with E-state index in [0.29, 0.717) is 4.88 Å². The van der Waals surface area contributed by atoms with Crippen molar-refractivity contribution in [2.45, 2.75) is 19.3 Å². The molecule has 0 radical (unpaired) electrons. The Balaban J connectivity index is 2.07. The zero-order valence-corrected chi connectivity index (χ0v) is 16.5. The monoisotopic (exact) mass is 461 g/mol. The van der Waals surface area contributed by atoms with E-state index < -0.39 is 23.5 Å². The van der Waals surface area contributed by atoms with Crippen molar-refractivity contribution in [1.82, 2.24) is 14.8 Å². The number of benzene rings is 1. The Morgan fingerprint density at radius 1 is 1.00 bits per heavy atom. The van der Waals surface area contributed by atoms with E-state index in [1.807, 2.05) is 0 Å². The third-order valence-corrected chi connectivity index (χ3v) is 5.61. The lowest BCUT2D eigenvalue weighted by Crippen LogP contribution is -2.09. The number of aromatic nitrogens is 3. The maximum Gasteiger partial charge on any atom is 0.417 e. The molecule has 3 nitrogen and oxygen atoms in total. The molecule has 0 aliphatic heterocycles. The van der Waals surface area contributed by atoms with Gasteiger partial charge in [-0.15, -0.1) is 11.3 Å². The molecule has 3 aromatic heterocycles. The molecule has 0 amide bonds. The van der Waals surface area contributed by atoms with Crippen LogP contribution in [-0.4, -0.2) is 14.8 Å². The molecule has 0 aliphatic rings. The molecular formula is C19H10ClF6N3S. The van der Waals surface area contributed by atoms with Crippen LogP contribution in [0.2, 0.25) is 5.02 Å². The average Bonchev–Trinajstić information content (AvgIpc) is 3.28. The summed E-state index contributed by atoms with van der Waals surface area (Å²) in [6.45, 7) is 1.34. The maximum atomic E-state index is 13.8. The van der Waals surface area contributed by atoms with Crippen LogP contribution < -0.4 is 0 Å². The molecule has 156 valence electrons. The summed E-state index contributed by atoms with van der Waals surface area (Å²) in [6, 6.07) is 6.73. The van der Waals surface area contributed by atoms with Crippen molar-refractivity contribution in [3.05, 3.63) is 63.6 Å². The van der Waals surface area contributed by atoms with Gasteiger partial charge in [0.2, 0.25) is 0 Å². The highest BCUT2D eigenvalue weighted by atomic mass is 35.5. The van der Waals surface area contributed by atoms with Crippen LogP contribution in [0.3, 0.4) is 0 Å². The number of pyridine rings is 1. The van der Waals surface area contributed by atoms with Crippen molar-refractivity contribution in [2.75, 3.05) is 0 Å². The summed E-state index contributed by atoms with van der Waals surface area (Å²) >= 11 is 7.27. The molecule has 30 heavy (non-hydrogen) atoms. The van der Waals surface area contributed by atoms with E-state index in [0.717, 1.165) is 28.9 Å². The number of hydrogen-bond donors (Lipinski definition) is 0. The largest absolute Gasteiger partial charge is 0.417 e. The van der Waals surface area contributed by atoms with Gasteiger partial charge in [0.05, 0.1) is 43.5 Å². The smallest absolute Gasteiger partial charge is 0.227 e. The summed E-state index contributed by atoms with van der Waals surface area (Å²) in [4.78, 5) is 4.77. The second-order valence-corrected chi connectivity index (χ2v) is 7.74. The third-order valence-electron chi connectivity index (χ3n) is 4.39. The topological polar surface area (TPSA) is 30.7 Å².